The number of thiophene rings is 1. The van der Waals surface area contributed by atoms with E-state index < -0.39 is 6.09 Å². The molecule has 0 saturated carbocycles. The van der Waals surface area contributed by atoms with Crippen LogP contribution in [0.3, 0.4) is 0 Å². The Morgan fingerprint density at radius 1 is 1.29 bits per heavy atom. The molecule has 0 aliphatic heterocycles. The van der Waals surface area contributed by atoms with Crippen LogP contribution < -0.4 is 15.4 Å². The second-order valence-corrected chi connectivity index (χ2v) is 7.78. The minimum absolute atomic E-state index is 0.467. The summed E-state index contributed by atoms with van der Waals surface area (Å²) in [5.41, 5.74) is 2.43. The van der Waals surface area contributed by atoms with Gasteiger partial charge in [0, 0.05) is 30.1 Å². The number of hydrogen-bond acceptors (Lipinski definition) is 7. The van der Waals surface area contributed by atoms with E-state index in [0.29, 0.717) is 11.6 Å². The van der Waals surface area contributed by atoms with Crippen molar-refractivity contribution in [1.82, 2.24) is 15.3 Å². The maximum atomic E-state index is 12.1. The lowest BCUT2D eigenvalue weighted by molar-refractivity contribution is 0.203. The molecule has 0 aromatic carbocycles. The Morgan fingerprint density at radius 2 is 2.25 bits per heavy atom. The third kappa shape index (κ3) is 4.49. The molecule has 4 rings (SSSR count). The first-order chi connectivity index (χ1) is 13.8. The van der Waals surface area contributed by atoms with Gasteiger partial charge in [-0.1, -0.05) is 0 Å². The van der Waals surface area contributed by atoms with Crippen molar-refractivity contribution in [3.63, 3.8) is 0 Å². The third-order valence-corrected chi connectivity index (χ3v) is 5.66. The van der Waals surface area contributed by atoms with Crippen LogP contribution in [0.1, 0.15) is 5.76 Å². The second-order valence-electron chi connectivity index (χ2n) is 5.79. The van der Waals surface area contributed by atoms with E-state index >= 15 is 0 Å². The lowest BCUT2D eigenvalue weighted by Crippen LogP contribution is -2.28. The lowest BCUT2D eigenvalue weighted by Gasteiger charge is -2.09. The van der Waals surface area contributed by atoms with Gasteiger partial charge in [0.1, 0.15) is 11.4 Å². The van der Waals surface area contributed by atoms with Crippen LogP contribution in [0.5, 0.6) is 5.06 Å². The molecule has 0 spiro atoms. The number of rotatable bonds is 8. The van der Waals surface area contributed by atoms with Gasteiger partial charge < -0.3 is 24.8 Å². The summed E-state index contributed by atoms with van der Waals surface area (Å²) in [5, 5.41) is 9.44. The fraction of sp³-hybridized carbons (Fsp3) is 0.158. The number of nitrogens with zero attached hydrogens (tertiary/aromatic N) is 1. The molecule has 9 heteroatoms. The van der Waals surface area contributed by atoms with Crippen LogP contribution in [-0.2, 0) is 5.75 Å². The van der Waals surface area contributed by atoms with Crippen molar-refractivity contribution in [3.05, 3.63) is 60.1 Å². The Kier molecular flexibility index (Phi) is 5.83. The fourth-order valence-corrected chi connectivity index (χ4v) is 4.05. The maximum Gasteiger partial charge on any atom is 0.413 e. The molecule has 144 valence electrons. The van der Waals surface area contributed by atoms with Gasteiger partial charge in [-0.25, -0.2) is 9.78 Å². The van der Waals surface area contributed by atoms with Crippen LogP contribution in [0.2, 0.25) is 0 Å². The number of nitrogens with one attached hydrogen (secondary N) is 3. The molecule has 4 heterocycles. The molecule has 0 fully saturated rings. The topological polar surface area (TPSA) is 92.2 Å². The summed E-state index contributed by atoms with van der Waals surface area (Å²) in [6.07, 6.45) is 4.75. The average molecular weight is 415 g/mol. The van der Waals surface area contributed by atoms with Gasteiger partial charge in [0.25, 0.3) is 0 Å². The van der Waals surface area contributed by atoms with Crippen molar-refractivity contribution in [2.45, 2.75) is 5.75 Å². The van der Waals surface area contributed by atoms with E-state index in [1.165, 1.54) is 11.3 Å². The summed E-state index contributed by atoms with van der Waals surface area (Å²) in [4.78, 5) is 19.4. The zero-order valence-corrected chi connectivity index (χ0v) is 16.4. The number of hydrogen-bond donors (Lipinski definition) is 3. The van der Waals surface area contributed by atoms with Crippen LogP contribution in [0.15, 0.2) is 58.8 Å². The number of anilines is 2. The standard InChI is InChI=1S/C19H18N4O3S2/c24-19(22-8-11-27-12-13-2-1-9-25-13)26-18-16(5-10-28-18)23-15-4-7-21-17-14(15)3-6-20-17/h1-7,9-10H,8,11-12H2,(H,22,24)(H2,20,21,23). The highest BCUT2D eigenvalue weighted by Crippen LogP contribution is 2.35. The largest absolute Gasteiger partial charge is 0.468 e. The lowest BCUT2D eigenvalue weighted by atomic mass is 10.3. The summed E-state index contributed by atoms with van der Waals surface area (Å²) in [5.74, 6) is 2.48. The van der Waals surface area contributed by atoms with E-state index in [0.717, 1.165) is 39.7 Å². The van der Waals surface area contributed by atoms with E-state index in [1.807, 2.05) is 41.9 Å². The molecular weight excluding hydrogens is 396 g/mol. The first-order valence-electron chi connectivity index (χ1n) is 8.62. The van der Waals surface area contributed by atoms with Crippen LogP contribution in [-0.4, -0.2) is 28.4 Å². The van der Waals surface area contributed by atoms with Gasteiger partial charge in [-0.15, -0.1) is 11.3 Å². The monoisotopic (exact) mass is 414 g/mol. The molecule has 0 aliphatic rings. The molecule has 0 atom stereocenters. The van der Waals surface area contributed by atoms with Gasteiger partial charge in [-0.2, -0.15) is 11.8 Å². The molecule has 1 amide bonds. The number of carbonyl (C=O) groups excluding carboxylic acids is 1. The van der Waals surface area contributed by atoms with Crippen molar-refractivity contribution < 1.29 is 13.9 Å². The zero-order chi connectivity index (χ0) is 19.2. The number of aromatic nitrogens is 2. The Balaban J connectivity index is 1.28. The van der Waals surface area contributed by atoms with Crippen LogP contribution >= 0.6 is 23.1 Å². The second kappa shape index (κ2) is 8.85. The van der Waals surface area contributed by atoms with Crippen LogP contribution in [0.4, 0.5) is 16.2 Å². The number of furan rings is 1. The first kappa shape index (κ1) is 18.5. The Morgan fingerprint density at radius 3 is 3.14 bits per heavy atom. The van der Waals surface area contributed by atoms with E-state index in [-0.39, 0.29) is 0 Å². The summed E-state index contributed by atoms with van der Waals surface area (Å²) >= 11 is 3.05. The number of carbonyl (C=O) groups is 1. The number of aromatic amines is 1. The van der Waals surface area contributed by atoms with Crippen molar-refractivity contribution in [2.24, 2.45) is 0 Å². The molecule has 0 radical (unpaired) electrons. The number of amides is 1. The van der Waals surface area contributed by atoms with E-state index in [9.17, 15) is 4.79 Å². The SMILES string of the molecule is O=C(NCCSCc1ccco1)Oc1sccc1Nc1ccnc2[nH]ccc12. The molecule has 0 bridgehead atoms. The van der Waals surface area contributed by atoms with Crippen molar-refractivity contribution in [1.29, 1.82) is 0 Å². The zero-order valence-electron chi connectivity index (χ0n) is 14.8. The predicted molar refractivity (Wildman–Crippen MR) is 113 cm³/mol. The number of fused-ring (bicyclic) bond motifs is 1. The van der Waals surface area contributed by atoms with Crippen LogP contribution in [0, 0.1) is 0 Å². The molecule has 28 heavy (non-hydrogen) atoms. The Hall–Kier alpha value is -2.91. The van der Waals surface area contributed by atoms with Crippen molar-refractivity contribution in [3.8, 4) is 5.06 Å². The normalized spacial score (nSPS) is 10.9. The van der Waals surface area contributed by atoms with E-state index in [1.54, 1.807) is 24.2 Å². The fourth-order valence-electron chi connectivity index (χ4n) is 2.60. The van der Waals surface area contributed by atoms with Gasteiger partial charge >= 0.3 is 6.09 Å². The maximum absolute atomic E-state index is 12.1. The number of thioether (sulfide) groups is 1. The molecule has 0 saturated heterocycles. The van der Waals surface area contributed by atoms with E-state index in [4.69, 9.17) is 9.15 Å². The summed E-state index contributed by atoms with van der Waals surface area (Å²) in [7, 11) is 0. The first-order valence-corrected chi connectivity index (χ1v) is 10.7. The molecular formula is C19H18N4O3S2. The smallest absolute Gasteiger partial charge is 0.413 e. The third-order valence-electron chi connectivity index (χ3n) is 3.88. The molecule has 0 unspecified atom stereocenters. The minimum Gasteiger partial charge on any atom is -0.468 e. The molecule has 7 nitrogen and oxygen atoms in total. The molecule has 4 aromatic heterocycles. The highest BCUT2D eigenvalue weighted by atomic mass is 32.2. The average Bonchev–Trinajstić information content (AvgIpc) is 3.44. The van der Waals surface area contributed by atoms with Gasteiger partial charge in [0.05, 0.1) is 23.4 Å². The summed E-state index contributed by atoms with van der Waals surface area (Å²) in [6.45, 7) is 0.521. The quantitative estimate of drug-likeness (QED) is 0.352. The highest BCUT2D eigenvalue weighted by Gasteiger charge is 2.12. The van der Waals surface area contributed by atoms with Crippen molar-refractivity contribution >= 4 is 51.6 Å². The highest BCUT2D eigenvalue weighted by molar-refractivity contribution is 7.98. The molecule has 0 aliphatic carbocycles. The minimum atomic E-state index is -0.467. The number of pyridine rings is 1. The number of ether oxygens (including phenoxy) is 1. The van der Waals surface area contributed by atoms with Gasteiger partial charge in [0.15, 0.2) is 0 Å². The molecule has 4 aromatic rings. The Bertz CT molecular complexity index is 1040. The summed E-state index contributed by atoms with van der Waals surface area (Å²) in [6, 6.07) is 9.51. The van der Waals surface area contributed by atoms with Gasteiger partial charge in [-0.05, 0) is 35.7 Å². The van der Waals surface area contributed by atoms with Gasteiger partial charge in [0.2, 0.25) is 5.06 Å². The number of H-pyrrole nitrogens is 1. The van der Waals surface area contributed by atoms with E-state index in [2.05, 4.69) is 20.6 Å². The molecule has 3 N–H and O–H groups in total. The Labute approximate surface area is 169 Å². The predicted octanol–water partition coefficient (Wildman–Crippen LogP) is 4.98. The van der Waals surface area contributed by atoms with Crippen LogP contribution in [0.25, 0.3) is 11.0 Å². The van der Waals surface area contributed by atoms with Crippen molar-refractivity contribution in [2.75, 3.05) is 17.6 Å². The summed E-state index contributed by atoms with van der Waals surface area (Å²) < 4.78 is 10.7. The van der Waals surface area contributed by atoms with Gasteiger partial charge in [-0.3, -0.25) is 0 Å².